The lowest BCUT2D eigenvalue weighted by molar-refractivity contribution is 0.161. The smallest absolute Gasteiger partial charge is 0.0589 e. The molecule has 92 valence electrons. The Bertz CT molecular complexity index is 287. The van der Waals surface area contributed by atoms with Crippen LogP contribution in [0.1, 0.15) is 5.69 Å². The second kappa shape index (κ2) is 7.38. The van der Waals surface area contributed by atoms with E-state index >= 15 is 0 Å². The maximum atomic E-state index is 5.02. The predicted molar refractivity (Wildman–Crippen MR) is 64.3 cm³/mol. The third-order valence-corrected chi connectivity index (χ3v) is 2.58. The summed E-state index contributed by atoms with van der Waals surface area (Å²) in [6.07, 6.45) is 1.82. The van der Waals surface area contributed by atoms with E-state index in [9.17, 15) is 0 Å². The van der Waals surface area contributed by atoms with Crippen molar-refractivity contribution in [2.45, 2.75) is 6.54 Å². The molecule has 0 unspecified atom stereocenters. The van der Waals surface area contributed by atoms with Crippen molar-refractivity contribution in [2.75, 3.05) is 40.4 Å². The Balaban J connectivity index is 2.06. The van der Waals surface area contributed by atoms with E-state index in [2.05, 4.69) is 22.4 Å². The van der Waals surface area contributed by atoms with Crippen molar-refractivity contribution in [3.63, 3.8) is 0 Å². The van der Waals surface area contributed by atoms with Gasteiger partial charge in [-0.15, -0.1) is 0 Å². The average molecular weight is 226 g/mol. The maximum absolute atomic E-state index is 5.02. The summed E-state index contributed by atoms with van der Waals surface area (Å²) in [6.45, 7) is 4.64. The molecule has 16 heavy (non-hydrogen) atoms. The van der Waals surface area contributed by atoms with E-state index in [0.717, 1.165) is 32.8 Å². The van der Waals surface area contributed by atoms with Gasteiger partial charge in [0.25, 0.3) is 0 Å². The first kappa shape index (κ1) is 13.2. The van der Waals surface area contributed by atoms with Gasteiger partial charge in [-0.2, -0.15) is 5.10 Å². The first-order chi connectivity index (χ1) is 7.74. The Hall–Kier alpha value is -0.910. The van der Waals surface area contributed by atoms with Gasteiger partial charge >= 0.3 is 0 Å². The van der Waals surface area contributed by atoms with Gasteiger partial charge in [0, 0.05) is 46.5 Å². The van der Waals surface area contributed by atoms with Crippen LogP contribution in [0.5, 0.6) is 0 Å². The first-order valence-electron chi connectivity index (χ1n) is 5.59. The SMILES string of the molecule is COCCN(C)CCNCc1ccnn1C. The van der Waals surface area contributed by atoms with Crippen LogP contribution >= 0.6 is 0 Å². The number of hydrogen-bond acceptors (Lipinski definition) is 4. The predicted octanol–water partition coefficient (Wildman–Crippen LogP) is 0.0879. The van der Waals surface area contributed by atoms with Crippen LogP contribution in [-0.4, -0.2) is 55.1 Å². The Labute approximate surface area is 97.4 Å². The number of hydrogen-bond donors (Lipinski definition) is 1. The number of methoxy groups -OCH3 is 1. The second-order valence-corrected chi connectivity index (χ2v) is 3.92. The summed E-state index contributed by atoms with van der Waals surface area (Å²) in [4.78, 5) is 2.25. The maximum Gasteiger partial charge on any atom is 0.0589 e. The molecule has 1 N–H and O–H groups in total. The molecule has 0 aromatic carbocycles. The highest BCUT2D eigenvalue weighted by molar-refractivity contribution is 4.98. The first-order valence-corrected chi connectivity index (χ1v) is 5.59. The molecule has 0 aliphatic rings. The van der Waals surface area contributed by atoms with Gasteiger partial charge in [-0.1, -0.05) is 0 Å². The van der Waals surface area contributed by atoms with Crippen molar-refractivity contribution in [3.8, 4) is 0 Å². The van der Waals surface area contributed by atoms with Gasteiger partial charge in [-0.05, 0) is 13.1 Å². The zero-order valence-electron chi connectivity index (χ0n) is 10.4. The zero-order chi connectivity index (χ0) is 11.8. The molecule has 1 aromatic heterocycles. The molecular weight excluding hydrogens is 204 g/mol. The fourth-order valence-corrected chi connectivity index (χ4v) is 1.42. The molecule has 5 heteroatoms. The molecule has 1 heterocycles. The number of aryl methyl sites for hydroxylation is 1. The number of nitrogens with one attached hydrogen (secondary N) is 1. The van der Waals surface area contributed by atoms with Crippen molar-refractivity contribution < 1.29 is 4.74 Å². The van der Waals surface area contributed by atoms with E-state index in [1.807, 2.05) is 24.0 Å². The van der Waals surface area contributed by atoms with Gasteiger partial charge in [-0.3, -0.25) is 4.68 Å². The van der Waals surface area contributed by atoms with E-state index in [1.165, 1.54) is 5.69 Å². The lowest BCUT2D eigenvalue weighted by Gasteiger charge is -2.16. The van der Waals surface area contributed by atoms with Crippen LogP contribution < -0.4 is 5.32 Å². The minimum absolute atomic E-state index is 0.790. The van der Waals surface area contributed by atoms with Gasteiger partial charge in [0.2, 0.25) is 0 Å². The summed E-state index contributed by atoms with van der Waals surface area (Å²) < 4.78 is 6.91. The zero-order valence-corrected chi connectivity index (χ0v) is 10.4. The Kier molecular flexibility index (Phi) is 6.07. The molecule has 1 aromatic rings. The normalized spacial score (nSPS) is 11.2. The minimum Gasteiger partial charge on any atom is -0.383 e. The molecule has 0 amide bonds. The second-order valence-electron chi connectivity index (χ2n) is 3.92. The van der Waals surface area contributed by atoms with E-state index in [4.69, 9.17) is 4.74 Å². The molecule has 0 fully saturated rings. The fourth-order valence-electron chi connectivity index (χ4n) is 1.42. The molecule has 0 aliphatic carbocycles. The van der Waals surface area contributed by atoms with Crippen molar-refractivity contribution in [1.82, 2.24) is 20.0 Å². The third-order valence-electron chi connectivity index (χ3n) is 2.58. The van der Waals surface area contributed by atoms with Crippen LogP contribution in [-0.2, 0) is 18.3 Å². The number of ether oxygens (including phenoxy) is 1. The van der Waals surface area contributed by atoms with Crippen LogP contribution in [0.25, 0.3) is 0 Å². The summed E-state index contributed by atoms with van der Waals surface area (Å²) in [7, 11) is 5.79. The number of aromatic nitrogens is 2. The molecule has 0 radical (unpaired) electrons. The minimum atomic E-state index is 0.790. The van der Waals surface area contributed by atoms with Crippen LogP contribution in [0.15, 0.2) is 12.3 Å². The van der Waals surface area contributed by atoms with Crippen molar-refractivity contribution in [2.24, 2.45) is 7.05 Å². The molecular formula is C11H22N4O. The van der Waals surface area contributed by atoms with E-state index in [-0.39, 0.29) is 0 Å². The van der Waals surface area contributed by atoms with Crippen molar-refractivity contribution in [1.29, 1.82) is 0 Å². The summed E-state index contributed by atoms with van der Waals surface area (Å²) in [6, 6.07) is 2.03. The summed E-state index contributed by atoms with van der Waals surface area (Å²) in [5, 5.41) is 7.51. The molecule has 0 bridgehead atoms. The van der Waals surface area contributed by atoms with Gasteiger partial charge in [0.15, 0.2) is 0 Å². The highest BCUT2D eigenvalue weighted by atomic mass is 16.5. The van der Waals surface area contributed by atoms with Crippen molar-refractivity contribution >= 4 is 0 Å². The van der Waals surface area contributed by atoms with E-state index in [1.54, 1.807) is 7.11 Å². The lowest BCUT2D eigenvalue weighted by atomic mass is 10.4. The highest BCUT2D eigenvalue weighted by Gasteiger charge is 1.99. The molecule has 0 aliphatic heterocycles. The standard InChI is InChI=1S/C11H22N4O/c1-14(8-9-16-3)7-6-12-10-11-4-5-13-15(11)2/h4-5,12H,6-10H2,1-3H3. The van der Waals surface area contributed by atoms with Crippen LogP contribution in [0, 0.1) is 0 Å². The summed E-state index contributed by atoms with van der Waals surface area (Å²) >= 11 is 0. The fraction of sp³-hybridized carbons (Fsp3) is 0.727. The topological polar surface area (TPSA) is 42.3 Å². The van der Waals surface area contributed by atoms with Crippen molar-refractivity contribution in [3.05, 3.63) is 18.0 Å². The van der Waals surface area contributed by atoms with Gasteiger partial charge in [0.1, 0.15) is 0 Å². The molecule has 0 saturated heterocycles. The highest BCUT2D eigenvalue weighted by Crippen LogP contribution is 1.94. The molecule has 0 spiro atoms. The average Bonchev–Trinajstić information content (AvgIpc) is 2.67. The number of nitrogens with zero attached hydrogens (tertiary/aromatic N) is 3. The Morgan fingerprint density at radius 3 is 2.94 bits per heavy atom. The summed E-state index contributed by atoms with van der Waals surface area (Å²) in [5.74, 6) is 0. The van der Waals surface area contributed by atoms with E-state index in [0.29, 0.717) is 0 Å². The number of likely N-dealkylation sites (N-methyl/N-ethyl adjacent to an activating group) is 1. The number of rotatable bonds is 8. The lowest BCUT2D eigenvalue weighted by Crippen LogP contribution is -2.31. The van der Waals surface area contributed by atoms with Crippen LogP contribution in [0.3, 0.4) is 0 Å². The Morgan fingerprint density at radius 1 is 1.50 bits per heavy atom. The molecule has 1 rings (SSSR count). The van der Waals surface area contributed by atoms with Gasteiger partial charge < -0.3 is 15.0 Å². The van der Waals surface area contributed by atoms with Gasteiger partial charge in [0.05, 0.1) is 12.3 Å². The third kappa shape index (κ3) is 4.74. The molecule has 5 nitrogen and oxygen atoms in total. The molecule has 0 atom stereocenters. The monoisotopic (exact) mass is 226 g/mol. The van der Waals surface area contributed by atoms with Gasteiger partial charge in [-0.25, -0.2) is 0 Å². The molecule has 0 saturated carbocycles. The Morgan fingerprint density at radius 2 is 2.31 bits per heavy atom. The van der Waals surface area contributed by atoms with Crippen LogP contribution in [0.2, 0.25) is 0 Å². The summed E-state index contributed by atoms with van der Waals surface area (Å²) in [5.41, 5.74) is 1.21. The largest absolute Gasteiger partial charge is 0.383 e. The van der Waals surface area contributed by atoms with Crippen LogP contribution in [0.4, 0.5) is 0 Å². The quantitative estimate of drug-likeness (QED) is 0.638. The van der Waals surface area contributed by atoms with E-state index < -0.39 is 0 Å².